The van der Waals surface area contributed by atoms with Crippen molar-refractivity contribution < 1.29 is 19.1 Å². The summed E-state index contributed by atoms with van der Waals surface area (Å²) in [5.74, 6) is -0.462. The molecule has 0 saturated heterocycles. The van der Waals surface area contributed by atoms with Crippen LogP contribution in [0.2, 0.25) is 0 Å². The van der Waals surface area contributed by atoms with E-state index in [2.05, 4.69) is 16.0 Å². The van der Waals surface area contributed by atoms with Gasteiger partial charge in [0.1, 0.15) is 11.4 Å². The summed E-state index contributed by atoms with van der Waals surface area (Å²) >= 11 is 1.38. The Morgan fingerprint density at radius 2 is 1.47 bits per heavy atom. The average Bonchev–Trinajstić information content (AvgIpc) is 3.06. The summed E-state index contributed by atoms with van der Waals surface area (Å²) in [6.07, 6.45) is 1.60. The highest BCUT2D eigenvalue weighted by molar-refractivity contribution is 8.00. The van der Waals surface area contributed by atoms with Crippen LogP contribution >= 0.6 is 11.8 Å². The van der Waals surface area contributed by atoms with Crippen LogP contribution < -0.4 is 20.7 Å². The monoisotopic (exact) mass is 615 g/mol. The second-order valence-corrected chi connectivity index (χ2v) is 11.6. The summed E-state index contributed by atoms with van der Waals surface area (Å²) in [6.45, 7) is 4.16. The van der Waals surface area contributed by atoms with Gasteiger partial charge in [-0.25, -0.2) is 0 Å². The number of anilines is 2. The van der Waals surface area contributed by atoms with Crippen molar-refractivity contribution in [3.05, 3.63) is 138 Å². The summed E-state index contributed by atoms with van der Waals surface area (Å²) in [7, 11) is 0. The zero-order valence-electron chi connectivity index (χ0n) is 25.0. The molecule has 5 rings (SSSR count). The summed E-state index contributed by atoms with van der Waals surface area (Å²) in [6, 6.07) is 37.0. The van der Waals surface area contributed by atoms with Crippen LogP contribution in [0.1, 0.15) is 29.8 Å². The zero-order chi connectivity index (χ0) is 31.6. The van der Waals surface area contributed by atoms with Gasteiger partial charge in [0.15, 0.2) is 0 Å². The van der Waals surface area contributed by atoms with Crippen molar-refractivity contribution in [2.24, 2.45) is 0 Å². The Balaban J connectivity index is 1.30. The van der Waals surface area contributed by atoms with Crippen LogP contribution in [0.15, 0.2) is 132 Å². The Bertz CT molecular complexity index is 1860. The molecule has 1 atom stereocenters. The van der Waals surface area contributed by atoms with E-state index in [0.717, 1.165) is 21.4 Å². The molecule has 3 amide bonds. The van der Waals surface area contributed by atoms with Crippen LogP contribution in [-0.4, -0.2) is 29.6 Å². The molecular formula is C37H33N3O4S. The Kier molecular flexibility index (Phi) is 10.3. The number of ether oxygens (including phenoxy) is 1. The second-order valence-electron chi connectivity index (χ2n) is 10.1. The maximum Gasteiger partial charge on any atom is 0.272 e. The van der Waals surface area contributed by atoms with E-state index in [-0.39, 0.29) is 11.6 Å². The van der Waals surface area contributed by atoms with Crippen LogP contribution in [-0.2, 0) is 9.59 Å². The third kappa shape index (κ3) is 8.40. The summed E-state index contributed by atoms with van der Waals surface area (Å²) < 4.78 is 5.73. The van der Waals surface area contributed by atoms with Crippen molar-refractivity contribution in [2.45, 2.75) is 24.0 Å². The molecule has 0 bridgehead atoms. The molecule has 3 N–H and O–H groups in total. The SMILES string of the molecule is CCOc1ccccc1/C=C(/NC(=O)c1ccccc1)C(=O)Nc1cccc(SC(C)C(=O)Nc2ccc3ccccc3c2)c1. The number of nitrogens with one attached hydrogen (secondary N) is 3. The van der Waals surface area contributed by atoms with Gasteiger partial charge in [-0.05, 0) is 79.2 Å². The number of carbonyl (C=O) groups is 3. The predicted octanol–water partition coefficient (Wildman–Crippen LogP) is 7.77. The highest BCUT2D eigenvalue weighted by Gasteiger charge is 2.18. The first-order valence-electron chi connectivity index (χ1n) is 14.6. The fraction of sp³-hybridized carbons (Fsp3) is 0.108. The van der Waals surface area contributed by atoms with Crippen molar-refractivity contribution >= 4 is 57.7 Å². The molecule has 0 saturated carbocycles. The summed E-state index contributed by atoms with van der Waals surface area (Å²) in [4.78, 5) is 40.4. The third-order valence-electron chi connectivity index (χ3n) is 6.84. The maximum atomic E-state index is 13.6. The smallest absolute Gasteiger partial charge is 0.272 e. The normalized spacial score (nSPS) is 11.8. The lowest BCUT2D eigenvalue weighted by molar-refractivity contribution is -0.115. The number of thioether (sulfide) groups is 1. The number of rotatable bonds is 11. The van der Waals surface area contributed by atoms with Gasteiger partial charge >= 0.3 is 0 Å². The highest BCUT2D eigenvalue weighted by atomic mass is 32.2. The first-order chi connectivity index (χ1) is 21.9. The van der Waals surface area contributed by atoms with E-state index in [0.29, 0.717) is 29.2 Å². The minimum atomic E-state index is -0.505. The third-order valence-corrected chi connectivity index (χ3v) is 7.93. The molecule has 0 fully saturated rings. The van der Waals surface area contributed by atoms with Crippen molar-refractivity contribution in [2.75, 3.05) is 17.2 Å². The maximum absolute atomic E-state index is 13.6. The lowest BCUT2D eigenvalue weighted by atomic mass is 10.1. The quantitative estimate of drug-likeness (QED) is 0.104. The Morgan fingerprint density at radius 3 is 2.27 bits per heavy atom. The molecule has 0 aliphatic heterocycles. The summed E-state index contributed by atoms with van der Waals surface area (Å²) in [5.41, 5.74) is 2.37. The van der Waals surface area contributed by atoms with Gasteiger partial charge in [0.05, 0.1) is 11.9 Å². The number of hydrogen-bond acceptors (Lipinski definition) is 5. The van der Waals surface area contributed by atoms with Gasteiger partial charge in [0.25, 0.3) is 11.8 Å². The number of amides is 3. The van der Waals surface area contributed by atoms with E-state index in [9.17, 15) is 14.4 Å². The Hall–Kier alpha value is -5.34. The zero-order valence-corrected chi connectivity index (χ0v) is 25.8. The molecule has 0 radical (unpaired) electrons. The molecular weight excluding hydrogens is 582 g/mol. The van der Waals surface area contributed by atoms with Gasteiger partial charge in [-0.2, -0.15) is 0 Å². The molecule has 1 unspecified atom stereocenters. The predicted molar refractivity (Wildman–Crippen MR) is 182 cm³/mol. The molecule has 0 aromatic heterocycles. The fourth-order valence-electron chi connectivity index (χ4n) is 4.60. The van der Waals surface area contributed by atoms with Crippen molar-refractivity contribution in [1.82, 2.24) is 5.32 Å². The standard InChI is InChI=1S/C37H33N3O4S/c1-3-44-34-19-10-9-16-29(34)23-33(40-36(42)27-13-5-4-6-14-27)37(43)39-30-17-11-18-32(24-30)45-25(2)35(41)38-31-21-20-26-12-7-8-15-28(26)22-31/h4-25H,3H2,1-2H3,(H,38,41)(H,39,43)(H,40,42)/b33-23+. The number of para-hydroxylation sites is 1. The van der Waals surface area contributed by atoms with Crippen LogP contribution in [0.3, 0.4) is 0 Å². The average molecular weight is 616 g/mol. The van der Waals surface area contributed by atoms with E-state index in [1.165, 1.54) is 11.8 Å². The summed E-state index contributed by atoms with van der Waals surface area (Å²) in [5, 5.41) is 10.4. The Morgan fingerprint density at radius 1 is 0.756 bits per heavy atom. The first-order valence-corrected chi connectivity index (χ1v) is 15.4. The molecule has 0 aliphatic carbocycles. The van der Waals surface area contributed by atoms with E-state index < -0.39 is 17.1 Å². The lowest BCUT2D eigenvalue weighted by Crippen LogP contribution is -2.30. The molecule has 0 aliphatic rings. The second kappa shape index (κ2) is 14.9. The van der Waals surface area contributed by atoms with Gasteiger partial charge in [0, 0.05) is 27.4 Å². The van der Waals surface area contributed by atoms with E-state index in [4.69, 9.17) is 4.74 Å². The molecule has 5 aromatic carbocycles. The number of benzene rings is 5. The van der Waals surface area contributed by atoms with E-state index in [1.807, 2.05) is 98.8 Å². The first kappa shape index (κ1) is 31.1. The van der Waals surface area contributed by atoms with Crippen molar-refractivity contribution in [3.63, 3.8) is 0 Å². The minimum absolute atomic E-state index is 0.0530. The number of carbonyl (C=O) groups excluding carboxylic acids is 3. The fourth-order valence-corrected chi connectivity index (χ4v) is 5.53. The van der Waals surface area contributed by atoms with Crippen molar-refractivity contribution in [3.8, 4) is 5.75 Å². The number of hydrogen-bond donors (Lipinski definition) is 3. The molecule has 0 heterocycles. The van der Waals surface area contributed by atoms with Crippen LogP contribution in [0.4, 0.5) is 11.4 Å². The molecule has 5 aromatic rings. The molecule has 45 heavy (non-hydrogen) atoms. The minimum Gasteiger partial charge on any atom is -0.493 e. The largest absolute Gasteiger partial charge is 0.493 e. The Labute approximate surface area is 266 Å². The van der Waals surface area contributed by atoms with E-state index in [1.54, 1.807) is 42.5 Å². The van der Waals surface area contributed by atoms with Gasteiger partial charge in [-0.1, -0.05) is 72.8 Å². The van der Waals surface area contributed by atoms with Crippen LogP contribution in [0.5, 0.6) is 5.75 Å². The highest BCUT2D eigenvalue weighted by Crippen LogP contribution is 2.28. The topological polar surface area (TPSA) is 96.5 Å². The van der Waals surface area contributed by atoms with Crippen molar-refractivity contribution in [1.29, 1.82) is 0 Å². The van der Waals surface area contributed by atoms with Gasteiger partial charge in [-0.3, -0.25) is 14.4 Å². The molecule has 0 spiro atoms. The van der Waals surface area contributed by atoms with E-state index >= 15 is 0 Å². The van der Waals surface area contributed by atoms with Crippen LogP contribution in [0.25, 0.3) is 16.8 Å². The van der Waals surface area contributed by atoms with Gasteiger partial charge < -0.3 is 20.7 Å². The van der Waals surface area contributed by atoms with Gasteiger partial charge in [-0.15, -0.1) is 11.8 Å². The van der Waals surface area contributed by atoms with Crippen LogP contribution in [0, 0.1) is 0 Å². The molecule has 7 nitrogen and oxygen atoms in total. The lowest BCUT2D eigenvalue weighted by Gasteiger charge is -2.15. The number of fused-ring (bicyclic) bond motifs is 1. The molecule has 226 valence electrons. The van der Waals surface area contributed by atoms with Gasteiger partial charge in [0.2, 0.25) is 5.91 Å². The molecule has 8 heteroatoms.